The molecule has 0 saturated carbocycles. The molecule has 0 unspecified atom stereocenters. The molecular weight excluding hydrogens is 372 g/mol. The molecule has 1 amide bonds. The number of carbonyl (C=O) groups excluding carboxylic acids is 1. The zero-order valence-corrected chi connectivity index (χ0v) is 18.4. The Morgan fingerprint density at radius 1 is 1.18 bits per heavy atom. The molecule has 152 valence electrons. The van der Waals surface area contributed by atoms with Gasteiger partial charge in [0.25, 0.3) is 5.91 Å². The number of carbonyl (C=O) groups is 1. The number of hydrogen-bond donors (Lipinski definition) is 1. The van der Waals surface area contributed by atoms with Crippen molar-refractivity contribution in [3.63, 3.8) is 0 Å². The van der Waals surface area contributed by atoms with Crippen molar-refractivity contribution in [2.45, 2.75) is 46.5 Å². The Morgan fingerprint density at radius 3 is 2.39 bits per heavy atom. The largest absolute Gasteiger partial charge is 0.332 e. The molecule has 1 N–H and O–H groups in total. The monoisotopic (exact) mass is 403 g/mol. The summed E-state index contributed by atoms with van der Waals surface area (Å²) in [5.41, 5.74) is 3.53. The highest BCUT2D eigenvalue weighted by molar-refractivity contribution is 6.30. The van der Waals surface area contributed by atoms with Gasteiger partial charge >= 0.3 is 0 Å². The van der Waals surface area contributed by atoms with E-state index in [1.807, 2.05) is 33.8 Å². The number of nitrogens with one attached hydrogen (secondary N) is 1. The van der Waals surface area contributed by atoms with Crippen molar-refractivity contribution in [2.75, 3.05) is 32.7 Å². The second-order valence-corrected chi connectivity index (χ2v) is 8.68. The highest BCUT2D eigenvalue weighted by atomic mass is 35.5. The fourth-order valence-electron chi connectivity index (χ4n) is 3.95. The van der Waals surface area contributed by atoms with Gasteiger partial charge in [0.15, 0.2) is 0 Å². The summed E-state index contributed by atoms with van der Waals surface area (Å²) in [6, 6.07) is 7.68. The summed E-state index contributed by atoms with van der Waals surface area (Å²) in [5, 5.41) is 5.56. The molecule has 1 aromatic carbocycles. The first-order chi connectivity index (χ1) is 13.3. The number of nitrogens with zero attached hydrogens (tertiary/aromatic N) is 3. The van der Waals surface area contributed by atoms with Crippen LogP contribution in [0.25, 0.3) is 5.69 Å². The van der Waals surface area contributed by atoms with Gasteiger partial charge < -0.3 is 9.80 Å². The molecule has 0 radical (unpaired) electrons. The van der Waals surface area contributed by atoms with Crippen LogP contribution in [0.3, 0.4) is 0 Å². The Labute approximate surface area is 173 Å². The van der Waals surface area contributed by atoms with E-state index in [1.54, 1.807) is 4.90 Å². The van der Waals surface area contributed by atoms with E-state index in [2.05, 4.69) is 34.6 Å². The standard InChI is InChI=1S/C22H31ClN4O/c1-6-25-10-12-26(13-11-25)22(28)19-20(15(2)3)24-27(21(19)16(4)5)18-9-7-8-17(23)14-18/h7-9,14-16H,6,10-13H2,1-5H3/p+1. The molecule has 2 aromatic rings. The quantitative estimate of drug-likeness (QED) is 0.833. The smallest absolute Gasteiger partial charge is 0.258 e. The van der Waals surface area contributed by atoms with Gasteiger partial charge in [-0.15, -0.1) is 0 Å². The first kappa shape index (κ1) is 20.9. The molecule has 5 nitrogen and oxygen atoms in total. The van der Waals surface area contributed by atoms with E-state index in [4.69, 9.17) is 16.7 Å². The highest BCUT2D eigenvalue weighted by Gasteiger charge is 2.32. The van der Waals surface area contributed by atoms with Gasteiger partial charge in [0.1, 0.15) is 0 Å². The van der Waals surface area contributed by atoms with Crippen LogP contribution in [0.2, 0.25) is 5.02 Å². The van der Waals surface area contributed by atoms with E-state index in [0.29, 0.717) is 5.02 Å². The first-order valence-corrected chi connectivity index (χ1v) is 10.7. The third kappa shape index (κ3) is 4.11. The third-order valence-electron chi connectivity index (χ3n) is 5.57. The second kappa shape index (κ2) is 8.66. The minimum atomic E-state index is 0.121. The van der Waals surface area contributed by atoms with E-state index >= 15 is 0 Å². The Bertz CT molecular complexity index is 835. The predicted octanol–water partition coefficient (Wildman–Crippen LogP) is 3.13. The van der Waals surface area contributed by atoms with Crippen LogP contribution in [0.1, 0.15) is 68.2 Å². The summed E-state index contributed by atoms with van der Waals surface area (Å²) in [7, 11) is 0. The number of piperazine rings is 1. The van der Waals surface area contributed by atoms with Crippen LogP contribution in [-0.2, 0) is 0 Å². The van der Waals surface area contributed by atoms with E-state index in [0.717, 1.165) is 55.4 Å². The number of aromatic nitrogens is 2. The fourth-order valence-corrected chi connectivity index (χ4v) is 4.13. The number of amides is 1. The summed E-state index contributed by atoms with van der Waals surface area (Å²) < 4.78 is 1.92. The lowest BCUT2D eigenvalue weighted by atomic mass is 9.97. The third-order valence-corrected chi connectivity index (χ3v) is 5.80. The summed E-state index contributed by atoms with van der Waals surface area (Å²) in [6.07, 6.45) is 0. The molecule has 28 heavy (non-hydrogen) atoms. The van der Waals surface area contributed by atoms with Crippen molar-refractivity contribution in [2.24, 2.45) is 0 Å². The van der Waals surface area contributed by atoms with Crippen molar-refractivity contribution in [1.82, 2.24) is 14.7 Å². The maximum Gasteiger partial charge on any atom is 0.258 e. The average molecular weight is 404 g/mol. The van der Waals surface area contributed by atoms with Crippen molar-refractivity contribution in [3.8, 4) is 5.69 Å². The Hall–Kier alpha value is -1.85. The molecular formula is C22H32ClN4O+. The zero-order chi connectivity index (χ0) is 20.4. The number of hydrogen-bond acceptors (Lipinski definition) is 2. The minimum absolute atomic E-state index is 0.121. The molecule has 1 fully saturated rings. The average Bonchev–Trinajstić information content (AvgIpc) is 3.09. The van der Waals surface area contributed by atoms with Gasteiger partial charge in [-0.05, 0) is 37.0 Å². The topological polar surface area (TPSA) is 42.6 Å². The van der Waals surface area contributed by atoms with Crippen molar-refractivity contribution >= 4 is 17.5 Å². The van der Waals surface area contributed by atoms with Crippen LogP contribution in [0.5, 0.6) is 0 Å². The second-order valence-electron chi connectivity index (χ2n) is 8.24. The molecule has 1 aliphatic heterocycles. The molecule has 1 aromatic heterocycles. The lowest BCUT2D eigenvalue weighted by Crippen LogP contribution is -3.14. The lowest BCUT2D eigenvalue weighted by molar-refractivity contribution is -0.902. The van der Waals surface area contributed by atoms with Gasteiger partial charge in [0.05, 0.1) is 55.4 Å². The molecule has 3 rings (SSSR count). The number of quaternary nitrogens is 1. The van der Waals surface area contributed by atoms with Gasteiger partial charge in [0.2, 0.25) is 0 Å². The molecule has 0 spiro atoms. The molecule has 0 bridgehead atoms. The Kier molecular flexibility index (Phi) is 6.46. The molecule has 1 aliphatic rings. The van der Waals surface area contributed by atoms with Crippen LogP contribution < -0.4 is 4.90 Å². The van der Waals surface area contributed by atoms with E-state index in [9.17, 15) is 4.79 Å². The molecule has 0 atom stereocenters. The normalized spacial score (nSPS) is 15.6. The minimum Gasteiger partial charge on any atom is -0.332 e. The fraction of sp³-hybridized carbons (Fsp3) is 0.545. The Morgan fingerprint density at radius 2 is 1.86 bits per heavy atom. The molecule has 6 heteroatoms. The highest BCUT2D eigenvalue weighted by Crippen LogP contribution is 2.31. The van der Waals surface area contributed by atoms with Crippen LogP contribution >= 0.6 is 11.6 Å². The maximum absolute atomic E-state index is 13.6. The Balaban J connectivity index is 2.07. The maximum atomic E-state index is 13.6. The van der Waals surface area contributed by atoms with E-state index in [-0.39, 0.29) is 17.7 Å². The number of rotatable bonds is 5. The SMILES string of the molecule is CC[NH+]1CCN(C(=O)c2c(C(C)C)nn(-c3cccc(Cl)c3)c2C(C)C)CC1. The molecule has 0 aliphatic carbocycles. The zero-order valence-electron chi connectivity index (χ0n) is 17.6. The van der Waals surface area contributed by atoms with Gasteiger partial charge in [-0.2, -0.15) is 5.10 Å². The van der Waals surface area contributed by atoms with Crippen LogP contribution in [0, 0.1) is 0 Å². The van der Waals surface area contributed by atoms with Crippen molar-refractivity contribution in [3.05, 3.63) is 46.2 Å². The predicted molar refractivity (Wildman–Crippen MR) is 114 cm³/mol. The number of likely N-dealkylation sites (N-methyl/N-ethyl adjacent to an activating group) is 1. The van der Waals surface area contributed by atoms with Crippen LogP contribution in [0.4, 0.5) is 0 Å². The molecule has 1 saturated heterocycles. The van der Waals surface area contributed by atoms with Gasteiger partial charge in [-0.3, -0.25) is 4.79 Å². The summed E-state index contributed by atoms with van der Waals surface area (Å²) in [4.78, 5) is 17.2. The summed E-state index contributed by atoms with van der Waals surface area (Å²) in [5.74, 6) is 0.454. The number of benzene rings is 1. The molecule has 2 heterocycles. The van der Waals surface area contributed by atoms with Crippen LogP contribution in [0.15, 0.2) is 24.3 Å². The van der Waals surface area contributed by atoms with Crippen LogP contribution in [-0.4, -0.2) is 53.3 Å². The van der Waals surface area contributed by atoms with Gasteiger partial charge in [-0.25, -0.2) is 4.68 Å². The van der Waals surface area contributed by atoms with Crippen molar-refractivity contribution in [1.29, 1.82) is 0 Å². The van der Waals surface area contributed by atoms with E-state index in [1.165, 1.54) is 0 Å². The number of halogens is 1. The van der Waals surface area contributed by atoms with Gasteiger partial charge in [0, 0.05) is 5.02 Å². The summed E-state index contributed by atoms with van der Waals surface area (Å²) >= 11 is 6.23. The summed E-state index contributed by atoms with van der Waals surface area (Å²) in [6.45, 7) is 15.4. The van der Waals surface area contributed by atoms with Gasteiger partial charge in [-0.1, -0.05) is 45.4 Å². The first-order valence-electron chi connectivity index (χ1n) is 10.3. The van der Waals surface area contributed by atoms with E-state index < -0.39 is 0 Å². The van der Waals surface area contributed by atoms with Crippen molar-refractivity contribution < 1.29 is 9.69 Å². The lowest BCUT2D eigenvalue weighted by Gasteiger charge is -2.32.